The van der Waals surface area contributed by atoms with Gasteiger partial charge in [0.2, 0.25) is 5.76 Å². The molecule has 2 rings (SSSR count). The number of nitrogens with one attached hydrogen (secondary N) is 2. The molecule has 0 radical (unpaired) electrons. The number of carbonyl (C=O) groups is 1. The second kappa shape index (κ2) is 7.17. The number of ether oxygens (including phenoxy) is 1. The lowest BCUT2D eigenvalue weighted by Gasteiger charge is -2.05. The topological polar surface area (TPSA) is 63.5 Å². The highest BCUT2D eigenvalue weighted by Crippen LogP contribution is 2.23. The molecule has 0 saturated heterocycles. The third kappa shape index (κ3) is 3.65. The largest absolute Gasteiger partial charge is 0.460 e. The predicted molar refractivity (Wildman–Crippen MR) is 79.4 cm³/mol. The number of carbonyl (C=O) groups excluding carboxylic acids is 1. The summed E-state index contributed by atoms with van der Waals surface area (Å²) in [6, 6.07) is 7.79. The zero-order chi connectivity index (χ0) is 14.4. The van der Waals surface area contributed by atoms with Gasteiger partial charge in [0.05, 0.1) is 12.6 Å². The first kappa shape index (κ1) is 14.7. The molecule has 1 aromatic heterocycles. The Morgan fingerprint density at radius 2 is 2.20 bits per heavy atom. The van der Waals surface area contributed by atoms with E-state index in [1.165, 1.54) is 0 Å². The van der Waals surface area contributed by atoms with Crippen molar-refractivity contribution in [2.24, 2.45) is 0 Å². The van der Waals surface area contributed by atoms with E-state index in [9.17, 15) is 4.79 Å². The molecule has 1 aromatic carbocycles. The van der Waals surface area contributed by atoms with Crippen LogP contribution in [0, 0.1) is 0 Å². The summed E-state index contributed by atoms with van der Waals surface area (Å²) in [6.07, 6.45) is 0. The number of rotatable bonds is 7. The van der Waals surface area contributed by atoms with Crippen LogP contribution in [0.25, 0.3) is 11.0 Å². The number of anilines is 1. The molecule has 0 unspecified atom stereocenters. The van der Waals surface area contributed by atoms with Crippen LogP contribution in [-0.4, -0.2) is 31.7 Å². The molecule has 0 atom stereocenters. The van der Waals surface area contributed by atoms with Crippen LogP contribution < -0.4 is 10.6 Å². The Bertz CT molecular complexity index is 583. The maximum Gasteiger partial charge on any atom is 0.374 e. The van der Waals surface area contributed by atoms with Crippen molar-refractivity contribution in [3.8, 4) is 0 Å². The van der Waals surface area contributed by atoms with Crippen molar-refractivity contribution in [2.45, 2.75) is 6.92 Å². The molecular formula is C14H17ClN2O3. The standard InChI is InChI=1S/C14H17ClN2O3/c1-2-19-14(18)13-8-10-7-11(3-4-12(10)20-13)17-6-5-16-9-15/h3-4,7-8,16-17H,2,5-6,9H2,1H3. The number of furan rings is 1. The van der Waals surface area contributed by atoms with Crippen molar-refractivity contribution in [3.05, 3.63) is 30.0 Å². The molecular weight excluding hydrogens is 280 g/mol. The minimum absolute atomic E-state index is 0.225. The second-order valence-electron chi connectivity index (χ2n) is 4.14. The average molecular weight is 297 g/mol. The van der Waals surface area contributed by atoms with Crippen molar-refractivity contribution in [2.75, 3.05) is 31.0 Å². The van der Waals surface area contributed by atoms with Crippen LogP contribution in [0.5, 0.6) is 0 Å². The zero-order valence-corrected chi connectivity index (χ0v) is 12.0. The summed E-state index contributed by atoms with van der Waals surface area (Å²) in [6.45, 7) is 3.63. The van der Waals surface area contributed by atoms with E-state index < -0.39 is 5.97 Å². The minimum atomic E-state index is -0.440. The van der Waals surface area contributed by atoms with E-state index >= 15 is 0 Å². The van der Waals surface area contributed by atoms with Crippen molar-refractivity contribution >= 4 is 34.2 Å². The van der Waals surface area contributed by atoms with Crippen molar-refractivity contribution < 1.29 is 13.9 Å². The van der Waals surface area contributed by atoms with Gasteiger partial charge in [0, 0.05) is 24.2 Å². The predicted octanol–water partition coefficient (Wildman–Crippen LogP) is 2.81. The van der Waals surface area contributed by atoms with Gasteiger partial charge in [-0.25, -0.2) is 4.79 Å². The molecule has 0 amide bonds. The molecule has 1 heterocycles. The van der Waals surface area contributed by atoms with Crippen LogP contribution in [0.2, 0.25) is 0 Å². The fourth-order valence-corrected chi connectivity index (χ4v) is 1.95. The molecule has 0 aliphatic carbocycles. The smallest absolute Gasteiger partial charge is 0.374 e. The number of alkyl halides is 1. The Morgan fingerprint density at radius 1 is 1.35 bits per heavy atom. The molecule has 2 N–H and O–H groups in total. The van der Waals surface area contributed by atoms with Gasteiger partial charge in [0.15, 0.2) is 0 Å². The summed E-state index contributed by atoms with van der Waals surface area (Å²) in [5.41, 5.74) is 1.63. The molecule has 0 spiro atoms. The summed E-state index contributed by atoms with van der Waals surface area (Å²) in [5, 5.41) is 7.13. The number of fused-ring (bicyclic) bond motifs is 1. The van der Waals surface area contributed by atoms with Crippen LogP contribution in [0.4, 0.5) is 5.69 Å². The van der Waals surface area contributed by atoms with Gasteiger partial charge >= 0.3 is 5.97 Å². The molecule has 0 saturated carbocycles. The van der Waals surface area contributed by atoms with Crippen molar-refractivity contribution in [3.63, 3.8) is 0 Å². The van der Waals surface area contributed by atoms with E-state index in [1.807, 2.05) is 18.2 Å². The molecule has 0 bridgehead atoms. The summed E-state index contributed by atoms with van der Waals surface area (Å²) >= 11 is 5.52. The fraction of sp³-hybridized carbons (Fsp3) is 0.357. The molecule has 20 heavy (non-hydrogen) atoms. The van der Waals surface area contributed by atoms with E-state index in [0.717, 1.165) is 24.2 Å². The van der Waals surface area contributed by atoms with Gasteiger partial charge in [-0.15, -0.1) is 11.6 Å². The summed E-state index contributed by atoms with van der Waals surface area (Å²) in [4.78, 5) is 11.6. The Kier molecular flexibility index (Phi) is 5.26. The maximum atomic E-state index is 11.6. The quantitative estimate of drug-likeness (QED) is 0.356. The number of hydrogen-bond acceptors (Lipinski definition) is 5. The first-order valence-electron chi connectivity index (χ1n) is 6.46. The van der Waals surface area contributed by atoms with Gasteiger partial charge in [0.25, 0.3) is 0 Å². The van der Waals surface area contributed by atoms with Crippen LogP contribution in [0.3, 0.4) is 0 Å². The SMILES string of the molecule is CCOC(=O)c1cc2cc(NCCNCCl)ccc2o1. The summed E-state index contributed by atoms with van der Waals surface area (Å²) in [7, 11) is 0. The molecule has 2 aromatic rings. The summed E-state index contributed by atoms with van der Waals surface area (Å²) in [5.74, 6) is -0.215. The lowest BCUT2D eigenvalue weighted by Crippen LogP contribution is -2.20. The van der Waals surface area contributed by atoms with Gasteiger partial charge < -0.3 is 19.8 Å². The fourth-order valence-electron chi connectivity index (χ4n) is 1.82. The van der Waals surface area contributed by atoms with E-state index in [4.69, 9.17) is 20.8 Å². The Hall–Kier alpha value is -1.72. The number of hydrogen-bond donors (Lipinski definition) is 2. The van der Waals surface area contributed by atoms with Crippen LogP contribution in [0.15, 0.2) is 28.7 Å². The number of benzene rings is 1. The summed E-state index contributed by atoms with van der Waals surface area (Å²) < 4.78 is 10.4. The van der Waals surface area contributed by atoms with Crippen LogP contribution >= 0.6 is 11.6 Å². The maximum absolute atomic E-state index is 11.6. The molecule has 6 heteroatoms. The first-order valence-corrected chi connectivity index (χ1v) is 6.99. The highest BCUT2D eigenvalue weighted by Gasteiger charge is 2.13. The van der Waals surface area contributed by atoms with E-state index in [0.29, 0.717) is 18.2 Å². The number of esters is 1. The van der Waals surface area contributed by atoms with Crippen molar-refractivity contribution in [1.82, 2.24) is 5.32 Å². The van der Waals surface area contributed by atoms with Crippen LogP contribution in [-0.2, 0) is 4.74 Å². The molecule has 5 nitrogen and oxygen atoms in total. The third-order valence-electron chi connectivity index (χ3n) is 2.72. The molecule has 0 fully saturated rings. The van der Waals surface area contributed by atoms with Gasteiger partial charge in [-0.1, -0.05) is 0 Å². The Morgan fingerprint density at radius 3 is 2.95 bits per heavy atom. The highest BCUT2D eigenvalue weighted by molar-refractivity contribution is 6.17. The molecule has 0 aliphatic heterocycles. The van der Waals surface area contributed by atoms with Gasteiger partial charge in [-0.3, -0.25) is 0 Å². The van der Waals surface area contributed by atoms with E-state index in [1.54, 1.807) is 13.0 Å². The van der Waals surface area contributed by atoms with E-state index in [2.05, 4.69) is 10.6 Å². The Balaban J connectivity index is 2.07. The van der Waals surface area contributed by atoms with Crippen LogP contribution in [0.1, 0.15) is 17.5 Å². The Labute approximate surface area is 122 Å². The normalized spacial score (nSPS) is 10.7. The number of halogens is 1. The van der Waals surface area contributed by atoms with Crippen molar-refractivity contribution in [1.29, 1.82) is 0 Å². The monoisotopic (exact) mass is 296 g/mol. The molecule has 108 valence electrons. The highest BCUT2D eigenvalue weighted by atomic mass is 35.5. The molecule has 0 aliphatic rings. The minimum Gasteiger partial charge on any atom is -0.460 e. The van der Waals surface area contributed by atoms with Gasteiger partial charge in [0.1, 0.15) is 5.58 Å². The zero-order valence-electron chi connectivity index (χ0n) is 11.2. The van der Waals surface area contributed by atoms with E-state index in [-0.39, 0.29) is 5.76 Å². The van der Waals surface area contributed by atoms with Gasteiger partial charge in [-0.05, 0) is 31.2 Å². The third-order valence-corrected chi connectivity index (χ3v) is 2.91. The lowest BCUT2D eigenvalue weighted by atomic mass is 10.2. The average Bonchev–Trinajstić information content (AvgIpc) is 2.87. The second-order valence-corrected chi connectivity index (χ2v) is 4.41. The first-order chi connectivity index (χ1) is 9.74. The lowest BCUT2D eigenvalue weighted by molar-refractivity contribution is 0.0492. The van der Waals surface area contributed by atoms with Gasteiger partial charge in [-0.2, -0.15) is 0 Å².